The van der Waals surface area contributed by atoms with Gasteiger partial charge in [0.2, 0.25) is 0 Å². The number of hydrogen-bond donors (Lipinski definition) is 1. The molecule has 1 N–H and O–H groups in total. The van der Waals surface area contributed by atoms with Crippen LogP contribution < -0.4 is 5.32 Å². The summed E-state index contributed by atoms with van der Waals surface area (Å²) in [6, 6.07) is 2.23. The molecule has 1 fully saturated rings. The standard InChI is InChI=1S/C16H29N3/c1-16(2,3)17-13-15-7-10-19(14-15)12-11-18-8-5-4-6-9-18/h7,10,14,17H,4-6,8-9,11-13H2,1-3H3. The molecule has 1 aromatic heterocycles. The lowest BCUT2D eigenvalue weighted by Crippen LogP contribution is -2.35. The summed E-state index contributed by atoms with van der Waals surface area (Å²) in [4.78, 5) is 2.59. The van der Waals surface area contributed by atoms with E-state index in [0.29, 0.717) is 0 Å². The molecule has 1 aromatic rings. The second-order valence-corrected chi connectivity index (χ2v) is 6.76. The molecule has 1 aliphatic heterocycles. The van der Waals surface area contributed by atoms with Crippen molar-refractivity contribution in [3.8, 4) is 0 Å². The molecule has 0 spiro atoms. The molecule has 1 aliphatic rings. The van der Waals surface area contributed by atoms with Gasteiger partial charge in [0.25, 0.3) is 0 Å². The first-order valence-electron chi connectivity index (χ1n) is 7.65. The highest BCUT2D eigenvalue weighted by Crippen LogP contribution is 2.09. The number of nitrogens with one attached hydrogen (secondary N) is 1. The summed E-state index contributed by atoms with van der Waals surface area (Å²) in [5, 5.41) is 3.53. The molecule has 0 unspecified atom stereocenters. The summed E-state index contributed by atoms with van der Waals surface area (Å²) >= 11 is 0. The third-order valence-electron chi connectivity index (χ3n) is 3.76. The van der Waals surface area contributed by atoms with Crippen LogP contribution >= 0.6 is 0 Å². The van der Waals surface area contributed by atoms with E-state index in [2.05, 4.69) is 54.0 Å². The Balaban J connectivity index is 1.74. The molecule has 2 rings (SSSR count). The zero-order valence-corrected chi connectivity index (χ0v) is 12.8. The molecular weight excluding hydrogens is 234 g/mol. The highest BCUT2D eigenvalue weighted by atomic mass is 15.1. The smallest absolute Gasteiger partial charge is 0.0347 e. The third kappa shape index (κ3) is 5.37. The van der Waals surface area contributed by atoms with Gasteiger partial charge in [-0.05, 0) is 58.3 Å². The molecule has 0 aromatic carbocycles. The Labute approximate surface area is 118 Å². The third-order valence-corrected chi connectivity index (χ3v) is 3.76. The first-order valence-corrected chi connectivity index (χ1v) is 7.65. The fourth-order valence-electron chi connectivity index (χ4n) is 2.54. The summed E-state index contributed by atoms with van der Waals surface area (Å²) in [5.74, 6) is 0. The van der Waals surface area contributed by atoms with Crippen molar-refractivity contribution >= 4 is 0 Å². The predicted octanol–water partition coefficient (Wildman–Crippen LogP) is 2.86. The highest BCUT2D eigenvalue weighted by molar-refractivity contribution is 5.10. The topological polar surface area (TPSA) is 20.2 Å². The van der Waals surface area contributed by atoms with Crippen LogP contribution in [0.2, 0.25) is 0 Å². The SMILES string of the molecule is CC(C)(C)NCc1ccn(CCN2CCCCC2)c1. The van der Waals surface area contributed by atoms with E-state index in [1.54, 1.807) is 0 Å². The summed E-state index contributed by atoms with van der Waals surface area (Å²) < 4.78 is 2.33. The van der Waals surface area contributed by atoms with Crippen molar-refractivity contribution in [2.45, 2.75) is 58.7 Å². The second kappa shape index (κ2) is 6.58. The van der Waals surface area contributed by atoms with Gasteiger partial charge < -0.3 is 14.8 Å². The van der Waals surface area contributed by atoms with Crippen molar-refractivity contribution in [1.82, 2.24) is 14.8 Å². The average molecular weight is 263 g/mol. The summed E-state index contributed by atoms with van der Waals surface area (Å²) in [6.07, 6.45) is 8.67. The van der Waals surface area contributed by atoms with Crippen LogP contribution in [0.3, 0.4) is 0 Å². The van der Waals surface area contributed by atoms with Crippen LogP contribution in [0, 0.1) is 0 Å². The normalized spacial score (nSPS) is 17.8. The van der Waals surface area contributed by atoms with E-state index in [9.17, 15) is 0 Å². The summed E-state index contributed by atoms with van der Waals surface area (Å²) in [7, 11) is 0. The van der Waals surface area contributed by atoms with Crippen LogP contribution in [0.5, 0.6) is 0 Å². The summed E-state index contributed by atoms with van der Waals surface area (Å²) in [6.45, 7) is 12.5. The fourth-order valence-corrected chi connectivity index (χ4v) is 2.54. The van der Waals surface area contributed by atoms with Crippen molar-refractivity contribution < 1.29 is 0 Å². The van der Waals surface area contributed by atoms with E-state index >= 15 is 0 Å². The number of aromatic nitrogens is 1. The molecule has 0 atom stereocenters. The summed E-state index contributed by atoms with van der Waals surface area (Å²) in [5.41, 5.74) is 1.57. The largest absolute Gasteiger partial charge is 0.353 e. The van der Waals surface area contributed by atoms with E-state index in [1.807, 2.05) is 0 Å². The molecule has 0 amide bonds. The van der Waals surface area contributed by atoms with Crippen LogP contribution in [-0.4, -0.2) is 34.6 Å². The van der Waals surface area contributed by atoms with Gasteiger partial charge in [0, 0.05) is 37.6 Å². The van der Waals surface area contributed by atoms with E-state index in [1.165, 1.54) is 44.5 Å². The van der Waals surface area contributed by atoms with Gasteiger partial charge in [-0.1, -0.05) is 6.42 Å². The first kappa shape index (κ1) is 14.6. The lowest BCUT2D eigenvalue weighted by atomic mass is 10.1. The maximum absolute atomic E-state index is 3.53. The fraction of sp³-hybridized carbons (Fsp3) is 0.750. The highest BCUT2D eigenvalue weighted by Gasteiger charge is 2.10. The molecule has 0 aliphatic carbocycles. The molecule has 3 nitrogen and oxygen atoms in total. The molecule has 1 saturated heterocycles. The Kier molecular flexibility index (Phi) is 5.06. The number of rotatable bonds is 5. The quantitative estimate of drug-likeness (QED) is 0.881. The minimum Gasteiger partial charge on any atom is -0.353 e. The van der Waals surface area contributed by atoms with E-state index in [4.69, 9.17) is 0 Å². The van der Waals surface area contributed by atoms with Gasteiger partial charge in [-0.25, -0.2) is 0 Å². The molecule has 0 radical (unpaired) electrons. The number of hydrogen-bond acceptors (Lipinski definition) is 2. The Morgan fingerprint density at radius 3 is 2.53 bits per heavy atom. The van der Waals surface area contributed by atoms with Gasteiger partial charge in [-0.2, -0.15) is 0 Å². The number of piperidine rings is 1. The number of nitrogens with zero attached hydrogens (tertiary/aromatic N) is 2. The Morgan fingerprint density at radius 1 is 1.11 bits per heavy atom. The maximum Gasteiger partial charge on any atom is 0.0347 e. The van der Waals surface area contributed by atoms with Crippen LogP contribution in [0.25, 0.3) is 0 Å². The van der Waals surface area contributed by atoms with E-state index < -0.39 is 0 Å². The van der Waals surface area contributed by atoms with Crippen LogP contribution in [0.15, 0.2) is 18.5 Å². The molecule has 0 bridgehead atoms. The van der Waals surface area contributed by atoms with E-state index in [0.717, 1.165) is 13.1 Å². The van der Waals surface area contributed by atoms with Gasteiger partial charge in [0.1, 0.15) is 0 Å². The van der Waals surface area contributed by atoms with Crippen molar-refractivity contribution in [1.29, 1.82) is 0 Å². The van der Waals surface area contributed by atoms with Gasteiger partial charge in [0.15, 0.2) is 0 Å². The first-order chi connectivity index (χ1) is 9.03. The molecular formula is C16H29N3. The van der Waals surface area contributed by atoms with Gasteiger partial charge >= 0.3 is 0 Å². The molecule has 2 heterocycles. The molecule has 3 heteroatoms. The minimum atomic E-state index is 0.190. The van der Waals surface area contributed by atoms with Crippen LogP contribution in [-0.2, 0) is 13.1 Å². The Morgan fingerprint density at radius 2 is 1.84 bits per heavy atom. The van der Waals surface area contributed by atoms with Crippen molar-refractivity contribution in [2.75, 3.05) is 19.6 Å². The molecule has 108 valence electrons. The second-order valence-electron chi connectivity index (χ2n) is 6.76. The lowest BCUT2D eigenvalue weighted by Gasteiger charge is -2.26. The predicted molar refractivity (Wildman–Crippen MR) is 81.3 cm³/mol. The van der Waals surface area contributed by atoms with E-state index in [-0.39, 0.29) is 5.54 Å². The Hall–Kier alpha value is -0.800. The van der Waals surface area contributed by atoms with Gasteiger partial charge in [0.05, 0.1) is 0 Å². The monoisotopic (exact) mass is 263 g/mol. The number of likely N-dealkylation sites (tertiary alicyclic amines) is 1. The minimum absolute atomic E-state index is 0.190. The maximum atomic E-state index is 3.53. The van der Waals surface area contributed by atoms with Crippen LogP contribution in [0.1, 0.15) is 45.6 Å². The zero-order chi connectivity index (χ0) is 13.7. The Bertz CT molecular complexity index is 370. The van der Waals surface area contributed by atoms with Crippen molar-refractivity contribution in [2.24, 2.45) is 0 Å². The van der Waals surface area contributed by atoms with Gasteiger partial charge in [-0.15, -0.1) is 0 Å². The van der Waals surface area contributed by atoms with Gasteiger partial charge in [-0.3, -0.25) is 0 Å². The van der Waals surface area contributed by atoms with Crippen LogP contribution in [0.4, 0.5) is 0 Å². The zero-order valence-electron chi connectivity index (χ0n) is 12.8. The molecule has 0 saturated carbocycles. The van der Waals surface area contributed by atoms with Crippen molar-refractivity contribution in [3.63, 3.8) is 0 Å². The molecule has 19 heavy (non-hydrogen) atoms. The van der Waals surface area contributed by atoms with Crippen molar-refractivity contribution in [3.05, 3.63) is 24.0 Å². The average Bonchev–Trinajstić information content (AvgIpc) is 2.82. The lowest BCUT2D eigenvalue weighted by molar-refractivity contribution is 0.221.